The van der Waals surface area contributed by atoms with Crippen LogP contribution in [0.2, 0.25) is 0 Å². The van der Waals surface area contributed by atoms with Gasteiger partial charge in [-0.1, -0.05) is 6.07 Å². The quantitative estimate of drug-likeness (QED) is 0.328. The van der Waals surface area contributed by atoms with E-state index in [0.717, 1.165) is 49.7 Å². The maximum absolute atomic E-state index is 13.2. The van der Waals surface area contributed by atoms with Crippen LogP contribution in [-0.4, -0.2) is 83.7 Å². The molecule has 4 heterocycles. The first-order chi connectivity index (χ1) is 20.0. The van der Waals surface area contributed by atoms with Gasteiger partial charge >= 0.3 is 6.01 Å². The summed E-state index contributed by atoms with van der Waals surface area (Å²) >= 11 is 1.43. The third-order valence-corrected chi connectivity index (χ3v) is 8.40. The summed E-state index contributed by atoms with van der Waals surface area (Å²) in [6.45, 7) is 6.35. The van der Waals surface area contributed by atoms with E-state index >= 15 is 0 Å². The van der Waals surface area contributed by atoms with Crippen molar-refractivity contribution in [1.29, 1.82) is 0 Å². The number of aromatic nitrogens is 3. The molecule has 2 fully saturated rings. The lowest BCUT2D eigenvalue weighted by molar-refractivity contribution is 0.0937. The third-order valence-electron chi connectivity index (χ3n) is 7.50. The standard InChI is InChI=1S/C29H37N7O4S/c1-20-5-3-13-36(20)18-21-6-7-24(23(17-21)26(37)30-12-16-39-2)33-27(38)25-19-41-29(34-25)35-14-8-22(9-15-35)40-28-31-10-4-11-32-28/h4,6-7,10-11,17,19-20,22H,3,5,8-9,12-16,18H2,1-2H3,(H,30,37)(H,33,38)/t20-/m0/s1. The molecule has 11 nitrogen and oxygen atoms in total. The summed E-state index contributed by atoms with van der Waals surface area (Å²) in [5.74, 6) is -0.600. The smallest absolute Gasteiger partial charge is 0.316 e. The summed E-state index contributed by atoms with van der Waals surface area (Å²) in [6.07, 6.45) is 7.36. The zero-order valence-corrected chi connectivity index (χ0v) is 24.4. The number of methoxy groups -OCH3 is 1. The number of anilines is 2. The number of piperidine rings is 1. The summed E-state index contributed by atoms with van der Waals surface area (Å²) < 4.78 is 11.0. The second kappa shape index (κ2) is 13.8. The molecule has 218 valence electrons. The second-order valence-electron chi connectivity index (χ2n) is 10.4. The van der Waals surface area contributed by atoms with Crippen LogP contribution < -0.4 is 20.3 Å². The second-order valence-corrected chi connectivity index (χ2v) is 11.2. The van der Waals surface area contributed by atoms with Crippen molar-refractivity contribution in [2.24, 2.45) is 0 Å². The van der Waals surface area contributed by atoms with E-state index in [2.05, 4.69) is 42.3 Å². The number of hydrogen-bond donors (Lipinski definition) is 2. The highest BCUT2D eigenvalue weighted by Crippen LogP contribution is 2.27. The number of benzene rings is 1. The Morgan fingerprint density at radius 3 is 2.63 bits per heavy atom. The first-order valence-electron chi connectivity index (χ1n) is 14.1. The maximum atomic E-state index is 13.2. The number of likely N-dealkylation sites (tertiary alicyclic amines) is 1. The Bertz CT molecular complexity index is 1310. The molecule has 0 spiro atoms. The zero-order valence-electron chi connectivity index (χ0n) is 23.5. The Morgan fingerprint density at radius 2 is 1.90 bits per heavy atom. The van der Waals surface area contributed by atoms with Crippen molar-refractivity contribution in [1.82, 2.24) is 25.2 Å². The number of nitrogens with one attached hydrogen (secondary N) is 2. The number of carbonyl (C=O) groups excluding carboxylic acids is 2. The van der Waals surface area contributed by atoms with Gasteiger partial charge in [0.05, 0.1) is 17.9 Å². The molecule has 2 aliphatic rings. The summed E-state index contributed by atoms with van der Waals surface area (Å²) in [5.41, 5.74) is 2.25. The average molecular weight is 580 g/mol. The van der Waals surface area contributed by atoms with E-state index in [0.29, 0.717) is 42.1 Å². The molecule has 2 N–H and O–H groups in total. The maximum Gasteiger partial charge on any atom is 0.316 e. The normalized spacial score (nSPS) is 17.9. The molecule has 2 aromatic heterocycles. The molecule has 3 aromatic rings. The first kappa shape index (κ1) is 28.9. The molecular weight excluding hydrogens is 542 g/mol. The van der Waals surface area contributed by atoms with Crippen LogP contribution in [0, 0.1) is 0 Å². The van der Waals surface area contributed by atoms with Crippen molar-refractivity contribution in [2.75, 3.05) is 50.1 Å². The van der Waals surface area contributed by atoms with Crippen LogP contribution in [0.15, 0.2) is 42.0 Å². The van der Waals surface area contributed by atoms with Crippen molar-refractivity contribution in [2.45, 2.75) is 51.3 Å². The fourth-order valence-electron chi connectivity index (χ4n) is 5.17. The highest BCUT2D eigenvalue weighted by molar-refractivity contribution is 7.14. The number of nitrogens with zero attached hydrogens (tertiary/aromatic N) is 5. The van der Waals surface area contributed by atoms with Gasteiger partial charge < -0.3 is 25.0 Å². The molecule has 0 radical (unpaired) electrons. The van der Waals surface area contributed by atoms with Crippen LogP contribution in [-0.2, 0) is 11.3 Å². The summed E-state index contributed by atoms with van der Waals surface area (Å²) in [5, 5.41) is 8.35. The van der Waals surface area contributed by atoms with Gasteiger partial charge in [-0.3, -0.25) is 14.5 Å². The fourth-order valence-corrected chi connectivity index (χ4v) is 6.03. The number of amides is 2. The Morgan fingerprint density at radius 1 is 1.10 bits per heavy atom. The summed E-state index contributed by atoms with van der Waals surface area (Å²) in [6, 6.07) is 8.34. The molecule has 2 aliphatic heterocycles. The van der Waals surface area contributed by atoms with Gasteiger partial charge in [-0.15, -0.1) is 11.3 Å². The monoisotopic (exact) mass is 579 g/mol. The van der Waals surface area contributed by atoms with Crippen LogP contribution in [0.25, 0.3) is 0 Å². The van der Waals surface area contributed by atoms with E-state index in [4.69, 9.17) is 9.47 Å². The van der Waals surface area contributed by atoms with Crippen LogP contribution in [0.1, 0.15) is 59.0 Å². The zero-order chi connectivity index (χ0) is 28.6. The number of hydrogen-bond acceptors (Lipinski definition) is 10. The molecule has 2 amide bonds. The molecule has 1 aromatic carbocycles. The number of rotatable bonds is 11. The van der Waals surface area contributed by atoms with E-state index in [1.54, 1.807) is 30.9 Å². The number of carbonyl (C=O) groups is 2. The van der Waals surface area contributed by atoms with E-state index in [9.17, 15) is 9.59 Å². The van der Waals surface area contributed by atoms with Gasteiger partial charge in [0.25, 0.3) is 11.8 Å². The predicted octanol–water partition coefficient (Wildman–Crippen LogP) is 3.59. The Kier molecular flexibility index (Phi) is 9.75. The largest absolute Gasteiger partial charge is 0.460 e. The van der Waals surface area contributed by atoms with Gasteiger partial charge in [0.1, 0.15) is 11.8 Å². The highest BCUT2D eigenvalue weighted by atomic mass is 32.1. The van der Waals surface area contributed by atoms with E-state index in [-0.39, 0.29) is 17.9 Å². The number of ether oxygens (including phenoxy) is 2. The van der Waals surface area contributed by atoms with Crippen LogP contribution in [0.5, 0.6) is 6.01 Å². The molecule has 2 saturated heterocycles. The minimum Gasteiger partial charge on any atom is -0.460 e. The molecule has 0 aliphatic carbocycles. The Hall–Kier alpha value is -3.61. The van der Waals surface area contributed by atoms with E-state index in [1.165, 1.54) is 24.2 Å². The molecule has 12 heteroatoms. The summed E-state index contributed by atoms with van der Waals surface area (Å²) in [4.78, 5) is 43.8. The number of thiazole rings is 1. The molecule has 0 bridgehead atoms. The van der Waals surface area contributed by atoms with Gasteiger partial charge in [-0.05, 0) is 50.1 Å². The van der Waals surface area contributed by atoms with Gasteiger partial charge in [0.15, 0.2) is 5.13 Å². The lowest BCUT2D eigenvalue weighted by Gasteiger charge is -2.31. The molecule has 0 saturated carbocycles. The average Bonchev–Trinajstić information content (AvgIpc) is 3.64. The topological polar surface area (TPSA) is 122 Å². The fraction of sp³-hybridized carbons (Fsp3) is 0.483. The molecule has 1 atom stereocenters. The van der Waals surface area contributed by atoms with Crippen LogP contribution in [0.4, 0.5) is 10.8 Å². The molecule has 41 heavy (non-hydrogen) atoms. The van der Waals surface area contributed by atoms with Crippen molar-refractivity contribution in [3.05, 3.63) is 58.9 Å². The molecule has 0 unspecified atom stereocenters. The molecular formula is C29H37N7O4S. The van der Waals surface area contributed by atoms with Gasteiger partial charge in [0, 0.05) is 69.9 Å². The van der Waals surface area contributed by atoms with Crippen molar-refractivity contribution >= 4 is 34.0 Å². The minimum atomic E-state index is -0.348. The third kappa shape index (κ3) is 7.57. The van der Waals surface area contributed by atoms with Crippen molar-refractivity contribution < 1.29 is 19.1 Å². The van der Waals surface area contributed by atoms with E-state index < -0.39 is 0 Å². The first-order valence-corrected chi connectivity index (χ1v) is 15.0. The lowest BCUT2D eigenvalue weighted by atomic mass is 10.1. The van der Waals surface area contributed by atoms with Crippen molar-refractivity contribution in [3.8, 4) is 6.01 Å². The van der Waals surface area contributed by atoms with Gasteiger partial charge in [-0.25, -0.2) is 15.0 Å². The predicted molar refractivity (Wildman–Crippen MR) is 158 cm³/mol. The SMILES string of the molecule is COCCNC(=O)c1cc(CN2CCC[C@@H]2C)ccc1NC(=O)c1csc(N2CCC(Oc3ncccn3)CC2)n1. The van der Waals surface area contributed by atoms with Crippen LogP contribution in [0.3, 0.4) is 0 Å². The van der Waals surface area contributed by atoms with Gasteiger partial charge in [0.2, 0.25) is 0 Å². The Labute approximate surface area is 244 Å². The molecule has 5 rings (SSSR count). The lowest BCUT2D eigenvalue weighted by Crippen LogP contribution is -2.38. The van der Waals surface area contributed by atoms with Crippen LogP contribution >= 0.6 is 11.3 Å². The van der Waals surface area contributed by atoms with Gasteiger partial charge in [-0.2, -0.15) is 0 Å². The minimum absolute atomic E-state index is 0.0430. The Balaban J connectivity index is 1.23. The van der Waals surface area contributed by atoms with Crippen molar-refractivity contribution in [3.63, 3.8) is 0 Å². The van der Waals surface area contributed by atoms with E-state index in [1.807, 2.05) is 18.2 Å². The summed E-state index contributed by atoms with van der Waals surface area (Å²) in [7, 11) is 1.59. The highest BCUT2D eigenvalue weighted by Gasteiger charge is 2.25.